The molecule has 2 unspecified atom stereocenters. The number of rotatable bonds is 3. The third kappa shape index (κ3) is 5.16. The van der Waals surface area contributed by atoms with Crippen molar-refractivity contribution in [1.82, 2.24) is 10.2 Å². The predicted molar refractivity (Wildman–Crippen MR) is 89.4 cm³/mol. The molecule has 1 fully saturated rings. The van der Waals surface area contributed by atoms with Crippen molar-refractivity contribution in [1.29, 1.82) is 0 Å². The van der Waals surface area contributed by atoms with Gasteiger partial charge in [0.2, 0.25) is 0 Å². The Kier molecular flexibility index (Phi) is 6.08. The molecule has 0 aromatic carbocycles. The summed E-state index contributed by atoms with van der Waals surface area (Å²) in [5.74, 6) is 2.24. The van der Waals surface area contributed by atoms with Crippen molar-refractivity contribution in [3.8, 4) is 0 Å². The van der Waals surface area contributed by atoms with E-state index < -0.39 is 14.6 Å². The fraction of sp³-hybridized carbons (Fsp3) is 0.933. The van der Waals surface area contributed by atoms with Crippen molar-refractivity contribution < 1.29 is 8.42 Å². The second-order valence-electron chi connectivity index (χ2n) is 7.26. The summed E-state index contributed by atoms with van der Waals surface area (Å²) in [7, 11) is -1.34. The van der Waals surface area contributed by atoms with Gasteiger partial charge in [0.05, 0.1) is 10.5 Å². The molecular formula is C15H31N3O2S. The Morgan fingerprint density at radius 3 is 2.19 bits per heavy atom. The van der Waals surface area contributed by atoms with Crippen LogP contribution in [0.4, 0.5) is 0 Å². The van der Waals surface area contributed by atoms with Crippen molar-refractivity contribution in [3.05, 3.63) is 0 Å². The number of hydrogen-bond donors (Lipinski definition) is 1. The lowest BCUT2D eigenvalue weighted by Crippen LogP contribution is -2.49. The zero-order chi connectivity index (χ0) is 16.3. The molecule has 1 N–H and O–H groups in total. The maximum absolute atomic E-state index is 12.1. The van der Waals surface area contributed by atoms with Crippen LogP contribution in [0.2, 0.25) is 0 Å². The normalized spacial score (nSPS) is 25.0. The van der Waals surface area contributed by atoms with Gasteiger partial charge in [0, 0.05) is 26.7 Å². The van der Waals surface area contributed by atoms with Gasteiger partial charge in [0.1, 0.15) is 0 Å². The maximum Gasteiger partial charge on any atom is 0.193 e. The Morgan fingerprint density at radius 1 is 1.24 bits per heavy atom. The first kappa shape index (κ1) is 18.3. The fourth-order valence-electron chi connectivity index (χ4n) is 2.77. The highest BCUT2D eigenvalue weighted by Gasteiger charge is 2.29. The number of nitrogens with zero attached hydrogens (tertiary/aromatic N) is 2. The van der Waals surface area contributed by atoms with Crippen LogP contribution >= 0.6 is 0 Å². The Balaban J connectivity index is 2.57. The van der Waals surface area contributed by atoms with Crippen LogP contribution in [0.3, 0.4) is 0 Å². The van der Waals surface area contributed by atoms with Gasteiger partial charge in [-0.3, -0.25) is 4.99 Å². The molecule has 0 saturated carbocycles. The second-order valence-corrected chi connectivity index (χ2v) is 10.1. The number of nitrogens with one attached hydrogen (secondary N) is 1. The van der Waals surface area contributed by atoms with Gasteiger partial charge in [-0.25, -0.2) is 8.42 Å². The van der Waals surface area contributed by atoms with Gasteiger partial charge >= 0.3 is 0 Å². The van der Waals surface area contributed by atoms with E-state index in [1.807, 2.05) is 0 Å². The molecule has 0 bridgehead atoms. The number of aliphatic imine (C=N–C) groups is 1. The van der Waals surface area contributed by atoms with Crippen LogP contribution in [0.15, 0.2) is 4.99 Å². The van der Waals surface area contributed by atoms with Crippen molar-refractivity contribution >= 4 is 15.8 Å². The SMILES string of the molecule is CN=C(NCCS(=O)(=O)C(C)(C)C)N1CC(C)CC(C)C1. The summed E-state index contributed by atoms with van der Waals surface area (Å²) in [5.41, 5.74) is 0. The highest BCUT2D eigenvalue weighted by molar-refractivity contribution is 7.92. The van der Waals surface area contributed by atoms with Crippen LogP contribution in [0.5, 0.6) is 0 Å². The zero-order valence-electron chi connectivity index (χ0n) is 14.3. The Morgan fingerprint density at radius 2 is 1.76 bits per heavy atom. The molecule has 21 heavy (non-hydrogen) atoms. The number of guanidine groups is 1. The topological polar surface area (TPSA) is 61.8 Å². The van der Waals surface area contributed by atoms with Crippen LogP contribution in [0.1, 0.15) is 41.0 Å². The van der Waals surface area contributed by atoms with Gasteiger partial charge in [-0.1, -0.05) is 13.8 Å². The molecule has 0 aromatic rings. The fourth-order valence-corrected chi connectivity index (χ4v) is 3.75. The minimum atomic E-state index is -3.09. The molecule has 2 atom stereocenters. The van der Waals surface area contributed by atoms with Crippen LogP contribution in [0, 0.1) is 11.8 Å². The highest BCUT2D eigenvalue weighted by Crippen LogP contribution is 2.21. The van der Waals surface area contributed by atoms with Crippen LogP contribution < -0.4 is 5.32 Å². The lowest BCUT2D eigenvalue weighted by molar-refractivity contribution is 0.209. The molecule has 0 aliphatic carbocycles. The summed E-state index contributed by atoms with van der Waals surface area (Å²) < 4.78 is 23.5. The van der Waals surface area contributed by atoms with Crippen molar-refractivity contribution in [2.75, 3.05) is 32.4 Å². The lowest BCUT2D eigenvalue weighted by Gasteiger charge is -2.37. The van der Waals surface area contributed by atoms with E-state index in [1.165, 1.54) is 6.42 Å². The van der Waals surface area contributed by atoms with Crippen molar-refractivity contribution in [2.45, 2.75) is 45.8 Å². The average molecular weight is 317 g/mol. The largest absolute Gasteiger partial charge is 0.355 e. The van der Waals surface area contributed by atoms with E-state index in [2.05, 4.69) is 29.1 Å². The quantitative estimate of drug-likeness (QED) is 0.636. The summed E-state index contributed by atoms with van der Waals surface area (Å²) in [6.45, 7) is 12.1. The van der Waals surface area contributed by atoms with E-state index >= 15 is 0 Å². The first-order valence-electron chi connectivity index (χ1n) is 7.74. The third-order valence-electron chi connectivity index (χ3n) is 3.97. The number of piperidine rings is 1. The lowest BCUT2D eigenvalue weighted by atomic mass is 9.92. The smallest absolute Gasteiger partial charge is 0.193 e. The van der Waals surface area contributed by atoms with Crippen LogP contribution in [0.25, 0.3) is 0 Å². The summed E-state index contributed by atoms with van der Waals surface area (Å²) >= 11 is 0. The van der Waals surface area contributed by atoms with E-state index in [0.717, 1.165) is 19.0 Å². The molecule has 0 aromatic heterocycles. The molecule has 0 amide bonds. The Labute approximate surface area is 130 Å². The predicted octanol–water partition coefficient (Wildman–Crippen LogP) is 1.75. The molecule has 1 rings (SSSR count). The summed E-state index contributed by atoms with van der Waals surface area (Å²) in [4.78, 5) is 6.54. The molecule has 6 heteroatoms. The van der Waals surface area contributed by atoms with E-state index in [0.29, 0.717) is 18.4 Å². The molecule has 5 nitrogen and oxygen atoms in total. The molecule has 1 heterocycles. The standard InChI is InChI=1S/C15H31N3O2S/c1-12-9-13(2)11-18(10-12)14(16-6)17-7-8-21(19,20)15(3,4)5/h12-13H,7-11H2,1-6H3,(H,16,17). The zero-order valence-corrected chi connectivity index (χ0v) is 15.1. The number of hydrogen-bond acceptors (Lipinski definition) is 3. The van der Waals surface area contributed by atoms with E-state index in [4.69, 9.17) is 0 Å². The van der Waals surface area contributed by atoms with E-state index in [1.54, 1.807) is 27.8 Å². The van der Waals surface area contributed by atoms with Gasteiger partial charge in [-0.2, -0.15) is 0 Å². The van der Waals surface area contributed by atoms with Crippen LogP contribution in [-0.2, 0) is 9.84 Å². The molecule has 1 saturated heterocycles. The Hall–Kier alpha value is -0.780. The van der Waals surface area contributed by atoms with Gasteiger partial charge in [0.25, 0.3) is 0 Å². The summed E-state index contributed by atoms with van der Waals surface area (Å²) in [6.07, 6.45) is 1.24. The monoisotopic (exact) mass is 317 g/mol. The third-order valence-corrected chi connectivity index (χ3v) is 6.57. The minimum absolute atomic E-state index is 0.133. The molecule has 1 aliphatic rings. The molecule has 0 spiro atoms. The van der Waals surface area contributed by atoms with E-state index in [9.17, 15) is 8.42 Å². The second kappa shape index (κ2) is 6.99. The number of sulfone groups is 1. The first-order chi connectivity index (χ1) is 9.56. The molecule has 124 valence electrons. The molecular weight excluding hydrogens is 286 g/mol. The van der Waals surface area contributed by atoms with Crippen LogP contribution in [-0.4, -0.2) is 56.5 Å². The maximum atomic E-state index is 12.1. The molecule has 1 aliphatic heterocycles. The van der Waals surface area contributed by atoms with Crippen molar-refractivity contribution in [3.63, 3.8) is 0 Å². The van der Waals surface area contributed by atoms with Gasteiger partial charge in [-0.05, 0) is 39.0 Å². The highest BCUT2D eigenvalue weighted by atomic mass is 32.2. The molecule has 0 radical (unpaired) electrons. The van der Waals surface area contributed by atoms with E-state index in [-0.39, 0.29) is 5.75 Å². The summed E-state index contributed by atoms with van der Waals surface area (Å²) in [6, 6.07) is 0. The minimum Gasteiger partial charge on any atom is -0.355 e. The van der Waals surface area contributed by atoms with Gasteiger partial charge in [0.15, 0.2) is 15.8 Å². The first-order valence-corrected chi connectivity index (χ1v) is 9.40. The van der Waals surface area contributed by atoms with Crippen molar-refractivity contribution in [2.24, 2.45) is 16.8 Å². The number of likely N-dealkylation sites (tertiary alicyclic amines) is 1. The Bertz CT molecular complexity index is 456. The summed E-state index contributed by atoms with van der Waals surface area (Å²) in [5, 5.41) is 3.21. The van der Waals surface area contributed by atoms with Gasteiger partial charge in [-0.15, -0.1) is 0 Å². The average Bonchev–Trinajstić information content (AvgIpc) is 2.31. The van der Waals surface area contributed by atoms with Gasteiger partial charge < -0.3 is 10.2 Å².